The van der Waals surface area contributed by atoms with Gasteiger partial charge in [0.1, 0.15) is 5.52 Å². The van der Waals surface area contributed by atoms with Gasteiger partial charge in [0.2, 0.25) is 5.91 Å². The molecule has 2 aromatic heterocycles. The molecule has 4 rings (SSSR count). The van der Waals surface area contributed by atoms with Crippen LogP contribution in [0.3, 0.4) is 0 Å². The number of thioether (sulfide) groups is 1. The summed E-state index contributed by atoms with van der Waals surface area (Å²) in [5.74, 6) is 0.116. The van der Waals surface area contributed by atoms with Gasteiger partial charge in [0.05, 0.1) is 11.4 Å². The summed E-state index contributed by atoms with van der Waals surface area (Å²) in [6.07, 6.45) is 1.47. The summed E-state index contributed by atoms with van der Waals surface area (Å²) in [5, 5.41) is 8.00. The molecular formula is C26H29N5O2S. The van der Waals surface area contributed by atoms with Gasteiger partial charge in [0, 0.05) is 19.6 Å². The Morgan fingerprint density at radius 2 is 1.65 bits per heavy atom. The van der Waals surface area contributed by atoms with E-state index in [2.05, 4.69) is 10.4 Å². The summed E-state index contributed by atoms with van der Waals surface area (Å²) in [6.45, 7) is 5.47. The number of carbonyl (C=O) groups is 1. The van der Waals surface area contributed by atoms with Crippen LogP contribution >= 0.6 is 11.8 Å². The largest absolute Gasteiger partial charge is 0.355 e. The summed E-state index contributed by atoms with van der Waals surface area (Å²) >= 11 is 1.29. The molecule has 1 amide bonds. The van der Waals surface area contributed by atoms with Crippen molar-refractivity contribution in [3.05, 3.63) is 87.8 Å². The van der Waals surface area contributed by atoms with Crippen LogP contribution in [0.5, 0.6) is 0 Å². The number of amides is 1. The molecule has 7 nitrogen and oxygen atoms in total. The zero-order chi connectivity index (χ0) is 23.9. The molecule has 0 aliphatic heterocycles. The van der Waals surface area contributed by atoms with Crippen LogP contribution in [0, 0.1) is 6.92 Å². The molecule has 34 heavy (non-hydrogen) atoms. The van der Waals surface area contributed by atoms with Gasteiger partial charge in [-0.3, -0.25) is 18.8 Å². The highest BCUT2D eigenvalue weighted by molar-refractivity contribution is 7.99. The number of aryl methyl sites for hydroxylation is 3. The van der Waals surface area contributed by atoms with Gasteiger partial charge < -0.3 is 5.32 Å². The smallest absolute Gasteiger partial charge is 0.280 e. The van der Waals surface area contributed by atoms with E-state index in [1.165, 1.54) is 17.3 Å². The van der Waals surface area contributed by atoms with Gasteiger partial charge in [0.25, 0.3) is 5.56 Å². The van der Waals surface area contributed by atoms with E-state index in [9.17, 15) is 9.59 Å². The number of carbonyl (C=O) groups excluding carboxylic acids is 1. The Morgan fingerprint density at radius 1 is 1.00 bits per heavy atom. The minimum absolute atomic E-state index is 0.0779. The standard InChI is InChI=1S/C26H29N5O2S/c1-3-31-24-23(19(2)29-31)28-26(30(25(24)33)17-15-21-12-8-5-9-13-21)34-18-22(32)27-16-14-20-10-6-4-7-11-20/h4-13H,3,14-18H2,1-2H3,(H,27,32). The molecule has 0 bridgehead atoms. The molecule has 0 fully saturated rings. The lowest BCUT2D eigenvalue weighted by molar-refractivity contribution is -0.118. The molecule has 0 saturated heterocycles. The molecule has 0 unspecified atom stereocenters. The molecule has 0 aliphatic carbocycles. The molecule has 1 N–H and O–H groups in total. The van der Waals surface area contributed by atoms with E-state index in [1.54, 1.807) is 9.25 Å². The summed E-state index contributed by atoms with van der Waals surface area (Å²) in [7, 11) is 0. The van der Waals surface area contributed by atoms with Crippen molar-refractivity contribution in [3.8, 4) is 0 Å². The topological polar surface area (TPSA) is 81.8 Å². The van der Waals surface area contributed by atoms with Crippen molar-refractivity contribution in [1.29, 1.82) is 0 Å². The minimum atomic E-state index is -0.115. The van der Waals surface area contributed by atoms with Crippen LogP contribution in [0.1, 0.15) is 23.7 Å². The quantitative estimate of drug-likeness (QED) is 0.280. The van der Waals surface area contributed by atoms with E-state index in [4.69, 9.17) is 4.98 Å². The fraction of sp³-hybridized carbons (Fsp3) is 0.308. The van der Waals surface area contributed by atoms with Crippen LogP contribution in [0.15, 0.2) is 70.6 Å². The Balaban J connectivity index is 1.51. The molecule has 4 aromatic rings. The molecule has 0 aliphatic rings. The molecule has 176 valence electrons. The Hall–Kier alpha value is -3.39. The number of fused-ring (bicyclic) bond motifs is 1. The average molecular weight is 476 g/mol. The van der Waals surface area contributed by atoms with Crippen LogP contribution in [-0.4, -0.2) is 37.5 Å². The lowest BCUT2D eigenvalue weighted by atomic mass is 10.1. The molecule has 0 saturated carbocycles. The Bertz CT molecular complexity index is 1320. The van der Waals surface area contributed by atoms with E-state index < -0.39 is 0 Å². The van der Waals surface area contributed by atoms with Crippen LogP contribution in [0.4, 0.5) is 0 Å². The number of hydrogen-bond donors (Lipinski definition) is 1. The molecule has 2 aromatic carbocycles. The predicted octanol–water partition coefficient (Wildman–Crippen LogP) is 3.62. The van der Waals surface area contributed by atoms with Gasteiger partial charge in [-0.15, -0.1) is 0 Å². The van der Waals surface area contributed by atoms with Gasteiger partial charge in [-0.25, -0.2) is 4.98 Å². The normalized spacial score (nSPS) is 11.1. The second-order valence-corrected chi connectivity index (χ2v) is 9.00. The summed E-state index contributed by atoms with van der Waals surface area (Å²) in [4.78, 5) is 30.8. The Labute approximate surface area is 203 Å². The number of aromatic nitrogens is 4. The first-order valence-electron chi connectivity index (χ1n) is 11.5. The van der Waals surface area contributed by atoms with Crippen LogP contribution in [0.25, 0.3) is 11.0 Å². The monoisotopic (exact) mass is 475 g/mol. The third kappa shape index (κ3) is 5.56. The van der Waals surface area contributed by atoms with E-state index in [-0.39, 0.29) is 17.2 Å². The SMILES string of the molecule is CCn1nc(C)c2nc(SCC(=O)NCCc3ccccc3)n(CCc3ccccc3)c(=O)c21. The zero-order valence-electron chi connectivity index (χ0n) is 19.5. The highest BCUT2D eigenvalue weighted by atomic mass is 32.2. The molecule has 0 atom stereocenters. The molecule has 0 radical (unpaired) electrons. The first-order chi connectivity index (χ1) is 16.6. The lowest BCUT2D eigenvalue weighted by Gasteiger charge is -2.13. The van der Waals surface area contributed by atoms with Gasteiger partial charge >= 0.3 is 0 Å². The summed E-state index contributed by atoms with van der Waals surface area (Å²) < 4.78 is 3.40. The number of benzene rings is 2. The fourth-order valence-electron chi connectivity index (χ4n) is 3.88. The maximum Gasteiger partial charge on any atom is 0.280 e. The van der Waals surface area contributed by atoms with Crippen molar-refractivity contribution in [1.82, 2.24) is 24.6 Å². The number of rotatable bonds is 10. The van der Waals surface area contributed by atoms with Crippen molar-refractivity contribution < 1.29 is 4.79 Å². The van der Waals surface area contributed by atoms with E-state index in [0.717, 1.165) is 17.7 Å². The van der Waals surface area contributed by atoms with Crippen LogP contribution < -0.4 is 10.9 Å². The first kappa shape index (κ1) is 23.8. The number of nitrogens with zero attached hydrogens (tertiary/aromatic N) is 4. The van der Waals surface area contributed by atoms with Crippen molar-refractivity contribution in [2.24, 2.45) is 0 Å². The minimum Gasteiger partial charge on any atom is -0.355 e. The van der Waals surface area contributed by atoms with Crippen LogP contribution in [-0.2, 0) is 30.7 Å². The molecule has 2 heterocycles. The third-order valence-electron chi connectivity index (χ3n) is 5.66. The summed E-state index contributed by atoms with van der Waals surface area (Å²) in [5.41, 5.74) is 4.05. The fourth-order valence-corrected chi connectivity index (χ4v) is 4.73. The van der Waals surface area contributed by atoms with Crippen molar-refractivity contribution in [3.63, 3.8) is 0 Å². The van der Waals surface area contributed by atoms with Crippen molar-refractivity contribution in [2.45, 2.75) is 44.9 Å². The Morgan fingerprint density at radius 3 is 2.29 bits per heavy atom. The molecule has 0 spiro atoms. The third-order valence-corrected chi connectivity index (χ3v) is 6.64. The van der Waals surface area contributed by atoms with Crippen molar-refractivity contribution >= 4 is 28.7 Å². The van der Waals surface area contributed by atoms with Gasteiger partial charge in [-0.1, -0.05) is 72.4 Å². The van der Waals surface area contributed by atoms with Crippen molar-refractivity contribution in [2.75, 3.05) is 12.3 Å². The van der Waals surface area contributed by atoms with E-state index in [0.29, 0.717) is 42.2 Å². The summed E-state index contributed by atoms with van der Waals surface area (Å²) in [6, 6.07) is 20.1. The average Bonchev–Trinajstić information content (AvgIpc) is 3.19. The van der Waals surface area contributed by atoms with Gasteiger partial charge in [-0.2, -0.15) is 5.10 Å². The maximum atomic E-state index is 13.5. The second kappa shape index (κ2) is 11.2. The van der Waals surface area contributed by atoms with Gasteiger partial charge in [-0.05, 0) is 37.8 Å². The van der Waals surface area contributed by atoms with Crippen LogP contribution in [0.2, 0.25) is 0 Å². The highest BCUT2D eigenvalue weighted by Crippen LogP contribution is 2.20. The lowest BCUT2D eigenvalue weighted by Crippen LogP contribution is -2.29. The molecule has 8 heteroatoms. The zero-order valence-corrected chi connectivity index (χ0v) is 20.3. The first-order valence-corrected chi connectivity index (χ1v) is 12.5. The van der Waals surface area contributed by atoms with E-state index >= 15 is 0 Å². The number of nitrogens with one attached hydrogen (secondary N) is 1. The number of hydrogen-bond acceptors (Lipinski definition) is 5. The maximum absolute atomic E-state index is 13.5. The second-order valence-electron chi connectivity index (χ2n) is 8.06. The predicted molar refractivity (Wildman–Crippen MR) is 136 cm³/mol. The van der Waals surface area contributed by atoms with E-state index in [1.807, 2.05) is 74.5 Å². The highest BCUT2D eigenvalue weighted by Gasteiger charge is 2.19. The van der Waals surface area contributed by atoms with Gasteiger partial charge in [0.15, 0.2) is 10.7 Å². The Kier molecular flexibility index (Phi) is 7.80. The molecular weight excluding hydrogens is 446 g/mol.